The van der Waals surface area contributed by atoms with Crippen LogP contribution in [0.15, 0.2) is 18.2 Å². The van der Waals surface area contributed by atoms with Crippen molar-refractivity contribution in [2.45, 2.75) is 13.3 Å². The predicted octanol–water partition coefficient (Wildman–Crippen LogP) is 0.934. The number of benzene rings is 1. The van der Waals surface area contributed by atoms with Crippen LogP contribution in [0.3, 0.4) is 0 Å². The molecule has 0 atom stereocenters. The number of rotatable bonds is 6. The SMILES string of the molecule is CCCNS(=O)(=O)Nc1ccc(N)c(OC)c1. The summed E-state index contributed by atoms with van der Waals surface area (Å²) < 4.78 is 32.9. The summed E-state index contributed by atoms with van der Waals surface area (Å²) in [6.07, 6.45) is 0.728. The summed E-state index contributed by atoms with van der Waals surface area (Å²) in [5.74, 6) is 0.431. The zero-order valence-electron chi connectivity index (χ0n) is 9.86. The minimum Gasteiger partial charge on any atom is -0.495 e. The third kappa shape index (κ3) is 4.12. The molecule has 0 aliphatic heterocycles. The Morgan fingerprint density at radius 2 is 2.12 bits per heavy atom. The lowest BCUT2D eigenvalue weighted by molar-refractivity contribution is 0.417. The van der Waals surface area contributed by atoms with Gasteiger partial charge in [0.05, 0.1) is 18.5 Å². The van der Waals surface area contributed by atoms with Gasteiger partial charge in [-0.05, 0) is 18.6 Å². The van der Waals surface area contributed by atoms with E-state index in [0.29, 0.717) is 23.7 Å². The molecule has 1 rings (SSSR count). The van der Waals surface area contributed by atoms with E-state index >= 15 is 0 Å². The third-order valence-corrected chi connectivity index (χ3v) is 3.12. The van der Waals surface area contributed by atoms with Gasteiger partial charge < -0.3 is 10.5 Å². The average Bonchev–Trinajstić information content (AvgIpc) is 2.29. The van der Waals surface area contributed by atoms with Gasteiger partial charge in [-0.3, -0.25) is 4.72 Å². The fraction of sp³-hybridized carbons (Fsp3) is 0.400. The molecule has 0 aliphatic carbocycles. The maximum Gasteiger partial charge on any atom is 0.299 e. The second kappa shape index (κ2) is 5.74. The molecule has 0 unspecified atom stereocenters. The molecule has 6 nitrogen and oxygen atoms in total. The first-order valence-electron chi connectivity index (χ1n) is 5.19. The van der Waals surface area contributed by atoms with E-state index in [2.05, 4.69) is 9.44 Å². The molecule has 0 aromatic heterocycles. The maximum atomic E-state index is 11.5. The summed E-state index contributed by atoms with van der Waals surface area (Å²) in [6, 6.07) is 4.68. The van der Waals surface area contributed by atoms with Gasteiger partial charge >= 0.3 is 0 Å². The first-order valence-corrected chi connectivity index (χ1v) is 6.67. The summed E-state index contributed by atoms with van der Waals surface area (Å²) in [7, 11) is -2.06. The lowest BCUT2D eigenvalue weighted by Crippen LogP contribution is -2.30. The van der Waals surface area contributed by atoms with Crippen LogP contribution in [0.5, 0.6) is 5.75 Å². The van der Waals surface area contributed by atoms with Gasteiger partial charge in [-0.2, -0.15) is 13.1 Å². The number of nitrogens with one attached hydrogen (secondary N) is 2. The zero-order chi connectivity index (χ0) is 12.9. The van der Waals surface area contributed by atoms with Gasteiger partial charge in [0.2, 0.25) is 0 Å². The van der Waals surface area contributed by atoms with Gasteiger partial charge in [0, 0.05) is 12.6 Å². The number of nitrogens with two attached hydrogens (primary N) is 1. The summed E-state index contributed by atoms with van der Waals surface area (Å²) in [5.41, 5.74) is 6.48. The largest absolute Gasteiger partial charge is 0.495 e. The molecule has 0 heterocycles. The molecule has 0 fully saturated rings. The lowest BCUT2D eigenvalue weighted by atomic mass is 10.3. The molecule has 0 saturated heterocycles. The van der Waals surface area contributed by atoms with Crippen LogP contribution >= 0.6 is 0 Å². The van der Waals surface area contributed by atoms with E-state index in [0.717, 1.165) is 6.42 Å². The third-order valence-electron chi connectivity index (χ3n) is 2.03. The molecule has 1 aromatic carbocycles. The van der Waals surface area contributed by atoms with E-state index in [1.165, 1.54) is 13.2 Å². The van der Waals surface area contributed by atoms with Crippen LogP contribution in [0.4, 0.5) is 11.4 Å². The average molecular weight is 259 g/mol. The molecule has 0 aliphatic rings. The Kier molecular flexibility index (Phi) is 4.59. The van der Waals surface area contributed by atoms with E-state index in [-0.39, 0.29) is 0 Å². The van der Waals surface area contributed by atoms with E-state index in [4.69, 9.17) is 10.5 Å². The topological polar surface area (TPSA) is 93.5 Å². The smallest absolute Gasteiger partial charge is 0.299 e. The van der Waals surface area contributed by atoms with Gasteiger partial charge in [-0.15, -0.1) is 0 Å². The summed E-state index contributed by atoms with van der Waals surface area (Å²) in [5, 5.41) is 0. The highest BCUT2D eigenvalue weighted by atomic mass is 32.2. The molecule has 0 bridgehead atoms. The van der Waals surface area contributed by atoms with Crippen molar-refractivity contribution in [1.29, 1.82) is 0 Å². The quantitative estimate of drug-likeness (QED) is 0.663. The van der Waals surface area contributed by atoms with Crippen LogP contribution in [0, 0.1) is 0 Å². The molecule has 7 heteroatoms. The highest BCUT2D eigenvalue weighted by molar-refractivity contribution is 7.90. The Morgan fingerprint density at radius 1 is 1.41 bits per heavy atom. The number of nitrogen functional groups attached to an aromatic ring is 1. The molecule has 17 heavy (non-hydrogen) atoms. The number of hydrogen-bond acceptors (Lipinski definition) is 4. The Morgan fingerprint density at radius 3 is 2.71 bits per heavy atom. The number of hydrogen-bond donors (Lipinski definition) is 3. The van der Waals surface area contributed by atoms with Gasteiger partial charge in [0.15, 0.2) is 0 Å². The highest BCUT2D eigenvalue weighted by Crippen LogP contribution is 2.25. The first-order chi connectivity index (χ1) is 7.98. The van der Waals surface area contributed by atoms with Crippen molar-refractivity contribution in [3.8, 4) is 5.75 Å². The monoisotopic (exact) mass is 259 g/mol. The van der Waals surface area contributed by atoms with Gasteiger partial charge in [-0.25, -0.2) is 0 Å². The van der Waals surface area contributed by atoms with Crippen molar-refractivity contribution in [2.24, 2.45) is 0 Å². The van der Waals surface area contributed by atoms with Crippen LogP contribution < -0.4 is 19.9 Å². The Bertz CT molecular complexity index is 474. The molecule has 1 aromatic rings. The normalized spacial score (nSPS) is 11.2. The summed E-state index contributed by atoms with van der Waals surface area (Å²) in [6.45, 7) is 2.27. The van der Waals surface area contributed by atoms with E-state index in [1.54, 1.807) is 12.1 Å². The van der Waals surface area contributed by atoms with E-state index < -0.39 is 10.2 Å². The van der Waals surface area contributed by atoms with Gasteiger partial charge in [-0.1, -0.05) is 6.92 Å². The van der Waals surface area contributed by atoms with Crippen molar-refractivity contribution in [2.75, 3.05) is 24.1 Å². The summed E-state index contributed by atoms with van der Waals surface area (Å²) in [4.78, 5) is 0. The second-order valence-corrected chi connectivity index (χ2v) is 4.96. The lowest BCUT2D eigenvalue weighted by Gasteiger charge is -2.10. The Balaban J connectivity index is 2.81. The summed E-state index contributed by atoms with van der Waals surface area (Å²) >= 11 is 0. The van der Waals surface area contributed by atoms with Crippen molar-refractivity contribution in [3.05, 3.63) is 18.2 Å². The number of methoxy groups -OCH3 is 1. The zero-order valence-corrected chi connectivity index (χ0v) is 10.7. The minimum atomic E-state index is -3.53. The highest BCUT2D eigenvalue weighted by Gasteiger charge is 2.09. The number of ether oxygens (including phenoxy) is 1. The fourth-order valence-corrected chi connectivity index (χ4v) is 2.18. The van der Waals surface area contributed by atoms with Crippen LogP contribution in [-0.2, 0) is 10.2 Å². The molecule has 0 radical (unpaired) electrons. The molecule has 4 N–H and O–H groups in total. The standard InChI is InChI=1S/C10H17N3O3S/c1-3-6-12-17(14,15)13-8-4-5-9(11)10(7-8)16-2/h4-5,7,12-13H,3,6,11H2,1-2H3. The van der Waals surface area contributed by atoms with Crippen LogP contribution in [0.1, 0.15) is 13.3 Å². The van der Waals surface area contributed by atoms with Crippen molar-refractivity contribution in [1.82, 2.24) is 4.72 Å². The molecule has 0 spiro atoms. The van der Waals surface area contributed by atoms with Gasteiger partial charge in [0.25, 0.3) is 10.2 Å². The minimum absolute atomic E-state index is 0.390. The Hall–Kier alpha value is -1.47. The molecule has 0 amide bonds. The second-order valence-electron chi connectivity index (χ2n) is 3.46. The van der Waals surface area contributed by atoms with Crippen LogP contribution in [-0.4, -0.2) is 22.1 Å². The fourth-order valence-electron chi connectivity index (χ4n) is 1.20. The van der Waals surface area contributed by atoms with Crippen LogP contribution in [0.2, 0.25) is 0 Å². The Labute approximate surface area is 101 Å². The molecular formula is C10H17N3O3S. The van der Waals surface area contributed by atoms with Crippen molar-refractivity contribution < 1.29 is 13.2 Å². The van der Waals surface area contributed by atoms with Gasteiger partial charge in [0.1, 0.15) is 5.75 Å². The predicted molar refractivity (Wildman–Crippen MR) is 68.2 cm³/mol. The van der Waals surface area contributed by atoms with Crippen molar-refractivity contribution >= 4 is 21.6 Å². The molecule has 0 saturated carbocycles. The van der Waals surface area contributed by atoms with Crippen molar-refractivity contribution in [3.63, 3.8) is 0 Å². The molecule has 96 valence electrons. The number of anilines is 2. The van der Waals surface area contributed by atoms with E-state index in [9.17, 15) is 8.42 Å². The van der Waals surface area contributed by atoms with Crippen LogP contribution in [0.25, 0.3) is 0 Å². The maximum absolute atomic E-state index is 11.5. The first kappa shape index (κ1) is 13.6. The van der Waals surface area contributed by atoms with E-state index in [1.807, 2.05) is 6.92 Å². The molecular weight excluding hydrogens is 242 g/mol.